The Morgan fingerprint density at radius 2 is 1.81 bits per heavy atom. The van der Waals surface area contributed by atoms with Crippen molar-refractivity contribution in [1.82, 2.24) is 15.1 Å². The van der Waals surface area contributed by atoms with Crippen LogP contribution in [0.25, 0.3) is 0 Å². The van der Waals surface area contributed by atoms with Gasteiger partial charge in [-0.15, -0.1) is 0 Å². The molecule has 2 heterocycles. The molecule has 0 spiro atoms. The van der Waals surface area contributed by atoms with Crippen LogP contribution in [0.2, 0.25) is 5.02 Å². The third kappa shape index (κ3) is 4.45. The van der Waals surface area contributed by atoms with Crippen molar-refractivity contribution in [2.75, 3.05) is 24.7 Å². The Morgan fingerprint density at radius 1 is 1.16 bits per heavy atom. The average molecular weight is 463 g/mol. The predicted octanol–water partition coefficient (Wildman–Crippen LogP) is 1.81. The Bertz CT molecular complexity index is 1050. The number of nitrogens with one attached hydrogen (secondary N) is 1. The number of aromatic nitrogens is 2. The molecule has 0 radical (unpaired) electrons. The first-order valence-electron chi connectivity index (χ1n) is 10.00. The van der Waals surface area contributed by atoms with E-state index in [4.69, 9.17) is 21.1 Å². The minimum atomic E-state index is -1.47. The number of carbonyl (C=O) groups excluding carboxylic acids is 4. The summed E-state index contributed by atoms with van der Waals surface area (Å²) in [7, 11) is 0. The highest BCUT2D eigenvalue weighted by molar-refractivity contribution is 6.30. The Kier molecular flexibility index (Phi) is 6.83. The third-order valence-electron chi connectivity index (χ3n) is 4.91. The van der Waals surface area contributed by atoms with Gasteiger partial charge >= 0.3 is 11.9 Å². The van der Waals surface area contributed by atoms with Crippen molar-refractivity contribution in [2.45, 2.75) is 32.9 Å². The normalized spacial score (nSPS) is 17.5. The van der Waals surface area contributed by atoms with E-state index in [-0.39, 0.29) is 37.7 Å². The smallest absolute Gasteiger partial charge is 0.358 e. The van der Waals surface area contributed by atoms with Gasteiger partial charge in [0.15, 0.2) is 5.69 Å². The fourth-order valence-electron chi connectivity index (χ4n) is 3.44. The second-order valence-corrected chi connectivity index (χ2v) is 7.61. The van der Waals surface area contributed by atoms with E-state index >= 15 is 0 Å². The summed E-state index contributed by atoms with van der Waals surface area (Å²) in [6.45, 7) is 4.77. The highest BCUT2D eigenvalue weighted by Gasteiger charge is 2.49. The SMILES string of the molecule is CCOC(=O)CNC(=O)C1(C)Cn2nc(C(=O)OCC)cc2C(=O)N1c1ccc(Cl)cc1. The molecule has 0 bridgehead atoms. The lowest BCUT2D eigenvalue weighted by atomic mass is 9.94. The van der Waals surface area contributed by atoms with Gasteiger partial charge in [0, 0.05) is 16.8 Å². The van der Waals surface area contributed by atoms with E-state index in [2.05, 4.69) is 10.4 Å². The van der Waals surface area contributed by atoms with Gasteiger partial charge in [0.05, 0.1) is 19.8 Å². The van der Waals surface area contributed by atoms with Crippen molar-refractivity contribution in [2.24, 2.45) is 0 Å². The van der Waals surface area contributed by atoms with E-state index in [0.717, 1.165) is 0 Å². The summed E-state index contributed by atoms with van der Waals surface area (Å²) in [4.78, 5) is 51.8. The lowest BCUT2D eigenvalue weighted by molar-refractivity contribution is -0.144. The van der Waals surface area contributed by atoms with Crippen molar-refractivity contribution in [1.29, 1.82) is 0 Å². The number of esters is 2. The molecule has 170 valence electrons. The van der Waals surface area contributed by atoms with Gasteiger partial charge in [-0.05, 0) is 45.0 Å². The lowest BCUT2D eigenvalue weighted by Crippen LogP contribution is -2.65. The Labute approximate surface area is 189 Å². The quantitative estimate of drug-likeness (QED) is 0.623. The monoisotopic (exact) mass is 462 g/mol. The number of hydrogen-bond acceptors (Lipinski definition) is 7. The van der Waals surface area contributed by atoms with Gasteiger partial charge in [-0.3, -0.25) is 24.0 Å². The van der Waals surface area contributed by atoms with E-state index in [1.807, 2.05) is 0 Å². The molecule has 3 rings (SSSR count). The number of halogens is 1. The van der Waals surface area contributed by atoms with Crippen LogP contribution in [0.15, 0.2) is 30.3 Å². The highest BCUT2D eigenvalue weighted by atomic mass is 35.5. The number of anilines is 1. The predicted molar refractivity (Wildman–Crippen MR) is 114 cm³/mol. The van der Waals surface area contributed by atoms with Gasteiger partial charge in [-0.1, -0.05) is 11.6 Å². The number of carbonyl (C=O) groups is 4. The molecule has 10 nitrogen and oxygen atoms in total. The number of amides is 2. The molecule has 2 aromatic rings. The van der Waals surface area contributed by atoms with Crippen molar-refractivity contribution in [3.05, 3.63) is 46.7 Å². The van der Waals surface area contributed by atoms with Crippen LogP contribution < -0.4 is 10.2 Å². The molecule has 2 amide bonds. The zero-order valence-corrected chi connectivity index (χ0v) is 18.6. The minimum Gasteiger partial charge on any atom is -0.465 e. The molecule has 0 saturated carbocycles. The number of fused-ring (bicyclic) bond motifs is 1. The molecule has 1 unspecified atom stereocenters. The Hall–Kier alpha value is -3.40. The van der Waals surface area contributed by atoms with Gasteiger partial charge in [0.1, 0.15) is 17.8 Å². The summed E-state index contributed by atoms with van der Waals surface area (Å²) >= 11 is 5.98. The van der Waals surface area contributed by atoms with Gasteiger partial charge in [0.2, 0.25) is 5.91 Å². The van der Waals surface area contributed by atoms with E-state index in [1.54, 1.807) is 45.0 Å². The molecule has 1 aromatic carbocycles. The standard InChI is InChI=1S/C21H23ClN4O6/c1-4-31-17(27)11-23-20(30)21(3)12-25-16(10-15(24-25)19(29)32-5-2)18(28)26(21)14-8-6-13(22)7-9-14/h6-10H,4-5,11-12H2,1-3H3,(H,23,30). The summed E-state index contributed by atoms with van der Waals surface area (Å²) in [5, 5.41) is 7.15. The zero-order chi connectivity index (χ0) is 23.5. The molecule has 1 aliphatic heterocycles. The molecule has 0 saturated heterocycles. The number of ether oxygens (including phenoxy) is 2. The molecule has 0 fully saturated rings. The number of rotatable bonds is 7. The van der Waals surface area contributed by atoms with Crippen LogP contribution in [-0.4, -0.2) is 58.8 Å². The maximum Gasteiger partial charge on any atom is 0.358 e. The molecule has 1 N–H and O–H groups in total. The van der Waals surface area contributed by atoms with Crippen LogP contribution in [-0.2, 0) is 25.6 Å². The van der Waals surface area contributed by atoms with Crippen LogP contribution >= 0.6 is 11.6 Å². The number of benzene rings is 1. The first kappa shape index (κ1) is 23.3. The molecular formula is C21H23ClN4O6. The average Bonchev–Trinajstić information content (AvgIpc) is 3.18. The van der Waals surface area contributed by atoms with E-state index in [1.165, 1.54) is 15.6 Å². The fraction of sp³-hybridized carbons (Fsp3) is 0.381. The summed E-state index contributed by atoms with van der Waals surface area (Å²) in [6, 6.07) is 7.73. The lowest BCUT2D eigenvalue weighted by Gasteiger charge is -2.43. The molecule has 1 aromatic heterocycles. The van der Waals surface area contributed by atoms with E-state index < -0.39 is 29.3 Å². The van der Waals surface area contributed by atoms with Gasteiger partial charge in [-0.25, -0.2) is 4.79 Å². The van der Waals surface area contributed by atoms with Gasteiger partial charge < -0.3 is 14.8 Å². The van der Waals surface area contributed by atoms with Crippen LogP contribution in [0.5, 0.6) is 0 Å². The van der Waals surface area contributed by atoms with Crippen LogP contribution in [0.1, 0.15) is 41.7 Å². The van der Waals surface area contributed by atoms with Crippen LogP contribution in [0.3, 0.4) is 0 Å². The fourth-order valence-corrected chi connectivity index (χ4v) is 3.56. The maximum absolute atomic E-state index is 13.5. The van der Waals surface area contributed by atoms with Gasteiger partial charge in [0.25, 0.3) is 5.91 Å². The first-order chi connectivity index (χ1) is 15.2. The second kappa shape index (κ2) is 9.39. The minimum absolute atomic E-state index is 0.0394. The first-order valence-corrected chi connectivity index (χ1v) is 10.4. The van der Waals surface area contributed by atoms with Crippen LogP contribution in [0.4, 0.5) is 5.69 Å². The molecule has 0 aliphatic carbocycles. The third-order valence-corrected chi connectivity index (χ3v) is 5.16. The summed E-state index contributed by atoms with van der Waals surface area (Å²) in [5.74, 6) is -2.41. The Morgan fingerprint density at radius 3 is 2.44 bits per heavy atom. The topological polar surface area (TPSA) is 120 Å². The highest BCUT2D eigenvalue weighted by Crippen LogP contribution is 2.33. The van der Waals surface area contributed by atoms with Crippen molar-refractivity contribution < 1.29 is 28.7 Å². The molecule has 1 atom stereocenters. The summed E-state index contributed by atoms with van der Waals surface area (Å²) < 4.78 is 11.1. The molecule has 32 heavy (non-hydrogen) atoms. The van der Waals surface area contributed by atoms with E-state index in [9.17, 15) is 19.2 Å². The summed E-state index contributed by atoms with van der Waals surface area (Å²) in [5.41, 5.74) is -0.970. The Balaban J connectivity index is 2.01. The van der Waals surface area contributed by atoms with Gasteiger partial charge in [-0.2, -0.15) is 5.10 Å². The molecule has 11 heteroatoms. The number of nitrogens with zero attached hydrogens (tertiary/aromatic N) is 3. The number of hydrogen-bond donors (Lipinski definition) is 1. The summed E-state index contributed by atoms with van der Waals surface area (Å²) in [6.07, 6.45) is 0. The van der Waals surface area contributed by atoms with Crippen LogP contribution in [0, 0.1) is 0 Å². The van der Waals surface area contributed by atoms with E-state index in [0.29, 0.717) is 10.7 Å². The molecule has 1 aliphatic rings. The van der Waals surface area contributed by atoms with Crippen molar-refractivity contribution in [3.63, 3.8) is 0 Å². The van der Waals surface area contributed by atoms with Crippen molar-refractivity contribution >= 4 is 41.0 Å². The second-order valence-electron chi connectivity index (χ2n) is 7.17. The zero-order valence-electron chi connectivity index (χ0n) is 17.9. The largest absolute Gasteiger partial charge is 0.465 e. The van der Waals surface area contributed by atoms with Crippen molar-refractivity contribution in [3.8, 4) is 0 Å². The maximum atomic E-state index is 13.5. The molecular weight excluding hydrogens is 440 g/mol.